The lowest BCUT2D eigenvalue weighted by Crippen LogP contribution is -2.35. The first-order valence-corrected chi connectivity index (χ1v) is 7.19. The zero-order valence-electron chi connectivity index (χ0n) is 10.8. The lowest BCUT2D eigenvalue weighted by Gasteiger charge is -2.19. The van der Waals surface area contributed by atoms with Crippen molar-refractivity contribution in [2.45, 2.75) is 12.5 Å². The summed E-state index contributed by atoms with van der Waals surface area (Å²) in [6.45, 7) is 0. The van der Waals surface area contributed by atoms with Crippen LogP contribution in [0.1, 0.15) is 16.8 Å². The number of anilines is 2. The van der Waals surface area contributed by atoms with E-state index in [2.05, 4.69) is 5.32 Å². The van der Waals surface area contributed by atoms with Crippen LogP contribution < -0.4 is 16.0 Å². The first-order valence-electron chi connectivity index (χ1n) is 6.03. The Bertz CT molecular complexity index is 442. The molecular formula is C13H19N3OS. The van der Waals surface area contributed by atoms with E-state index in [9.17, 15) is 4.79 Å². The number of nitrogens with zero attached hydrogens (tertiary/aromatic N) is 1. The van der Waals surface area contributed by atoms with Crippen LogP contribution in [-0.2, 0) is 0 Å². The van der Waals surface area contributed by atoms with Crippen LogP contribution in [-0.4, -0.2) is 37.6 Å². The van der Waals surface area contributed by atoms with Crippen molar-refractivity contribution in [1.82, 2.24) is 5.32 Å². The number of hydrogen-bond donors (Lipinski definition) is 2. The summed E-state index contributed by atoms with van der Waals surface area (Å²) in [7, 11) is 3.85. The number of nitrogen functional groups attached to an aromatic ring is 1. The average Bonchev–Trinajstić information content (AvgIpc) is 2.81. The summed E-state index contributed by atoms with van der Waals surface area (Å²) in [6.07, 6.45) is 1.05. The molecule has 1 aromatic carbocycles. The van der Waals surface area contributed by atoms with E-state index in [0.717, 1.165) is 23.6 Å². The number of rotatable bonds is 3. The van der Waals surface area contributed by atoms with Crippen molar-refractivity contribution < 1.29 is 4.79 Å². The molecule has 3 N–H and O–H groups in total. The van der Waals surface area contributed by atoms with Gasteiger partial charge in [-0.15, -0.1) is 0 Å². The number of hydrogen-bond acceptors (Lipinski definition) is 4. The highest BCUT2D eigenvalue weighted by Crippen LogP contribution is 2.23. The largest absolute Gasteiger partial charge is 0.399 e. The van der Waals surface area contributed by atoms with Crippen LogP contribution in [0.25, 0.3) is 0 Å². The number of carbonyl (C=O) groups is 1. The Morgan fingerprint density at radius 2 is 2.28 bits per heavy atom. The van der Waals surface area contributed by atoms with E-state index in [4.69, 9.17) is 5.73 Å². The maximum Gasteiger partial charge on any atom is 0.253 e. The number of nitrogens with two attached hydrogens (primary N) is 1. The molecule has 1 amide bonds. The molecule has 0 saturated carbocycles. The first-order chi connectivity index (χ1) is 8.58. The van der Waals surface area contributed by atoms with Crippen molar-refractivity contribution >= 4 is 29.0 Å². The number of benzene rings is 1. The molecule has 1 aliphatic rings. The Labute approximate surface area is 112 Å². The molecule has 2 rings (SSSR count). The number of carbonyl (C=O) groups excluding carboxylic acids is 1. The van der Waals surface area contributed by atoms with Gasteiger partial charge >= 0.3 is 0 Å². The maximum atomic E-state index is 12.3. The van der Waals surface area contributed by atoms with E-state index in [0.29, 0.717) is 17.3 Å². The standard InChI is InChI=1S/C13H19N3OS/c1-16(2)12-4-3-9(14)7-11(12)13(17)15-10-5-6-18-8-10/h3-4,7,10H,5-6,8,14H2,1-2H3,(H,15,17). The molecule has 1 atom stereocenters. The van der Waals surface area contributed by atoms with Crippen LogP contribution in [0.3, 0.4) is 0 Å². The van der Waals surface area contributed by atoms with Gasteiger partial charge < -0.3 is 16.0 Å². The quantitative estimate of drug-likeness (QED) is 0.815. The van der Waals surface area contributed by atoms with Crippen molar-refractivity contribution in [2.24, 2.45) is 0 Å². The summed E-state index contributed by atoms with van der Waals surface area (Å²) in [6, 6.07) is 5.73. The highest BCUT2D eigenvalue weighted by molar-refractivity contribution is 7.99. The molecule has 0 aliphatic carbocycles. The van der Waals surface area contributed by atoms with Gasteiger partial charge in [0.05, 0.1) is 5.56 Å². The summed E-state index contributed by atoms with van der Waals surface area (Å²) in [5, 5.41) is 3.08. The predicted molar refractivity (Wildman–Crippen MR) is 78.4 cm³/mol. The van der Waals surface area contributed by atoms with E-state index in [-0.39, 0.29) is 5.91 Å². The predicted octanol–water partition coefficient (Wildman–Crippen LogP) is 1.57. The second-order valence-electron chi connectivity index (χ2n) is 4.70. The fourth-order valence-corrected chi connectivity index (χ4v) is 3.19. The lowest BCUT2D eigenvalue weighted by atomic mass is 10.1. The van der Waals surface area contributed by atoms with Gasteiger partial charge in [0.15, 0.2) is 0 Å². The van der Waals surface area contributed by atoms with E-state index >= 15 is 0 Å². The van der Waals surface area contributed by atoms with Gasteiger partial charge in [-0.25, -0.2) is 0 Å². The highest BCUT2D eigenvalue weighted by Gasteiger charge is 2.20. The van der Waals surface area contributed by atoms with Crippen LogP contribution >= 0.6 is 11.8 Å². The van der Waals surface area contributed by atoms with Gasteiger partial charge in [0, 0.05) is 37.3 Å². The average molecular weight is 265 g/mol. The van der Waals surface area contributed by atoms with Crippen molar-refractivity contribution in [1.29, 1.82) is 0 Å². The molecule has 1 heterocycles. The van der Waals surface area contributed by atoms with Crippen LogP contribution in [0.4, 0.5) is 11.4 Å². The SMILES string of the molecule is CN(C)c1ccc(N)cc1C(=O)NC1CCSC1. The molecule has 0 spiro atoms. The zero-order valence-corrected chi connectivity index (χ0v) is 11.6. The van der Waals surface area contributed by atoms with Crippen LogP contribution in [0, 0.1) is 0 Å². The van der Waals surface area contributed by atoms with E-state index in [1.807, 2.05) is 42.9 Å². The third kappa shape index (κ3) is 2.90. The second-order valence-corrected chi connectivity index (χ2v) is 5.85. The van der Waals surface area contributed by atoms with Crippen LogP contribution in [0.2, 0.25) is 0 Å². The topological polar surface area (TPSA) is 58.4 Å². The number of thioether (sulfide) groups is 1. The molecule has 1 aliphatic heterocycles. The fraction of sp³-hybridized carbons (Fsp3) is 0.462. The first kappa shape index (κ1) is 13.1. The monoisotopic (exact) mass is 265 g/mol. The van der Waals surface area contributed by atoms with Crippen molar-refractivity contribution in [3.05, 3.63) is 23.8 Å². The normalized spacial score (nSPS) is 18.7. The zero-order chi connectivity index (χ0) is 13.1. The Morgan fingerprint density at radius 3 is 2.89 bits per heavy atom. The molecule has 1 fully saturated rings. The van der Waals surface area contributed by atoms with Crippen molar-refractivity contribution in [3.8, 4) is 0 Å². The highest BCUT2D eigenvalue weighted by atomic mass is 32.2. The Balaban J connectivity index is 2.19. The molecule has 18 heavy (non-hydrogen) atoms. The fourth-order valence-electron chi connectivity index (χ4n) is 2.04. The van der Waals surface area contributed by atoms with Gasteiger partial charge in [-0.2, -0.15) is 11.8 Å². The summed E-state index contributed by atoms with van der Waals surface area (Å²) < 4.78 is 0. The maximum absolute atomic E-state index is 12.3. The molecular weight excluding hydrogens is 246 g/mol. The molecule has 0 bridgehead atoms. The summed E-state index contributed by atoms with van der Waals surface area (Å²) in [4.78, 5) is 14.2. The molecule has 1 unspecified atom stereocenters. The van der Waals surface area contributed by atoms with E-state index in [1.54, 1.807) is 6.07 Å². The Morgan fingerprint density at radius 1 is 1.50 bits per heavy atom. The van der Waals surface area contributed by atoms with Gasteiger partial charge in [-0.3, -0.25) is 4.79 Å². The Kier molecular flexibility index (Phi) is 4.01. The van der Waals surface area contributed by atoms with Crippen molar-refractivity contribution in [3.63, 3.8) is 0 Å². The van der Waals surface area contributed by atoms with Gasteiger partial charge in [-0.05, 0) is 30.4 Å². The lowest BCUT2D eigenvalue weighted by molar-refractivity contribution is 0.0941. The Hall–Kier alpha value is -1.36. The minimum absolute atomic E-state index is 0.0292. The third-order valence-electron chi connectivity index (χ3n) is 3.01. The molecule has 0 radical (unpaired) electrons. The summed E-state index contributed by atoms with van der Waals surface area (Å²) in [5.41, 5.74) is 7.93. The smallest absolute Gasteiger partial charge is 0.253 e. The summed E-state index contributed by atoms with van der Waals surface area (Å²) >= 11 is 1.88. The summed E-state index contributed by atoms with van der Waals surface area (Å²) in [5.74, 6) is 2.10. The van der Waals surface area contributed by atoms with Crippen molar-refractivity contribution in [2.75, 3.05) is 36.2 Å². The minimum Gasteiger partial charge on any atom is -0.399 e. The van der Waals surface area contributed by atoms with Crippen LogP contribution in [0.5, 0.6) is 0 Å². The van der Waals surface area contributed by atoms with Gasteiger partial charge in [0.1, 0.15) is 0 Å². The van der Waals surface area contributed by atoms with Gasteiger partial charge in [0.2, 0.25) is 0 Å². The van der Waals surface area contributed by atoms with Crippen LogP contribution in [0.15, 0.2) is 18.2 Å². The molecule has 1 saturated heterocycles. The third-order valence-corrected chi connectivity index (χ3v) is 4.17. The molecule has 0 aromatic heterocycles. The number of nitrogens with one attached hydrogen (secondary N) is 1. The van der Waals surface area contributed by atoms with E-state index in [1.165, 1.54) is 0 Å². The van der Waals surface area contributed by atoms with E-state index < -0.39 is 0 Å². The molecule has 5 heteroatoms. The van der Waals surface area contributed by atoms with Gasteiger partial charge in [-0.1, -0.05) is 0 Å². The molecule has 4 nitrogen and oxygen atoms in total. The minimum atomic E-state index is -0.0292. The second kappa shape index (κ2) is 5.52. The molecule has 1 aromatic rings. The van der Waals surface area contributed by atoms with Gasteiger partial charge in [0.25, 0.3) is 5.91 Å². The molecule has 98 valence electrons. The number of amides is 1.